The number of halogens is 1. The molecule has 3 aromatic rings. The zero-order valence-electron chi connectivity index (χ0n) is 15.0. The Morgan fingerprint density at radius 3 is 2.89 bits per heavy atom. The minimum atomic E-state index is -0.196. The second kappa shape index (κ2) is 8.27. The fourth-order valence-corrected chi connectivity index (χ4v) is 3.20. The van der Waals surface area contributed by atoms with Crippen LogP contribution in [-0.2, 0) is 11.2 Å². The predicted octanol–water partition coefficient (Wildman–Crippen LogP) is 3.43. The van der Waals surface area contributed by atoms with Crippen molar-refractivity contribution in [3.8, 4) is 11.5 Å². The summed E-state index contributed by atoms with van der Waals surface area (Å²) in [6.07, 6.45) is 5.38. The van der Waals surface area contributed by atoms with Crippen LogP contribution in [0, 0.1) is 0 Å². The summed E-state index contributed by atoms with van der Waals surface area (Å²) in [5.41, 5.74) is 3.22. The van der Waals surface area contributed by atoms with E-state index in [4.69, 9.17) is 21.1 Å². The van der Waals surface area contributed by atoms with E-state index in [1.807, 2.05) is 36.4 Å². The molecule has 28 heavy (non-hydrogen) atoms. The second-order valence-corrected chi connectivity index (χ2v) is 6.67. The first-order chi connectivity index (χ1) is 13.7. The summed E-state index contributed by atoms with van der Waals surface area (Å²) >= 11 is 6.23. The fraction of sp³-hybridized carbons (Fsp3) is 0.190. The number of rotatable bonds is 5. The van der Waals surface area contributed by atoms with Crippen LogP contribution in [0.15, 0.2) is 48.7 Å². The van der Waals surface area contributed by atoms with E-state index in [-0.39, 0.29) is 5.91 Å². The summed E-state index contributed by atoms with van der Waals surface area (Å²) in [5.74, 6) is 1.04. The molecule has 0 saturated heterocycles. The molecular weight excluding hydrogens is 378 g/mol. The Kier molecular flexibility index (Phi) is 5.39. The number of ether oxygens (including phenoxy) is 2. The highest BCUT2D eigenvalue weighted by Crippen LogP contribution is 2.38. The van der Waals surface area contributed by atoms with Crippen molar-refractivity contribution in [1.82, 2.24) is 15.3 Å². The van der Waals surface area contributed by atoms with E-state index in [1.54, 1.807) is 12.3 Å². The molecule has 0 aliphatic carbocycles. The van der Waals surface area contributed by atoms with Gasteiger partial charge >= 0.3 is 0 Å². The van der Waals surface area contributed by atoms with Crippen LogP contribution in [0.5, 0.6) is 11.5 Å². The smallest absolute Gasteiger partial charge is 0.244 e. The van der Waals surface area contributed by atoms with Crippen LogP contribution in [0.3, 0.4) is 0 Å². The summed E-state index contributed by atoms with van der Waals surface area (Å²) in [7, 11) is 0. The monoisotopic (exact) mass is 395 g/mol. The molecule has 6 nitrogen and oxygen atoms in total. The summed E-state index contributed by atoms with van der Waals surface area (Å²) in [6, 6.07) is 11.3. The van der Waals surface area contributed by atoms with Crippen LogP contribution in [-0.4, -0.2) is 35.6 Å². The number of amides is 1. The summed E-state index contributed by atoms with van der Waals surface area (Å²) in [5, 5.41) is 3.37. The average Bonchev–Trinajstić information content (AvgIpc) is 2.72. The average molecular weight is 396 g/mol. The molecule has 2 heterocycles. The third-order valence-corrected chi connectivity index (χ3v) is 4.52. The van der Waals surface area contributed by atoms with E-state index >= 15 is 0 Å². The van der Waals surface area contributed by atoms with Crippen LogP contribution < -0.4 is 14.8 Å². The highest BCUT2D eigenvalue weighted by molar-refractivity contribution is 6.32. The first kappa shape index (κ1) is 18.3. The first-order valence-electron chi connectivity index (χ1n) is 8.95. The van der Waals surface area contributed by atoms with Crippen LogP contribution in [0.2, 0.25) is 5.02 Å². The summed E-state index contributed by atoms with van der Waals surface area (Å²) < 4.78 is 11.1. The highest BCUT2D eigenvalue weighted by atomic mass is 35.5. The number of carbonyl (C=O) groups excluding carboxylic acids is 1. The summed E-state index contributed by atoms with van der Waals surface area (Å²) in [4.78, 5) is 20.8. The molecule has 1 aromatic heterocycles. The molecule has 0 spiro atoms. The second-order valence-electron chi connectivity index (χ2n) is 6.26. The van der Waals surface area contributed by atoms with Gasteiger partial charge in [-0.2, -0.15) is 0 Å². The van der Waals surface area contributed by atoms with Gasteiger partial charge in [0.1, 0.15) is 13.2 Å². The van der Waals surface area contributed by atoms with Gasteiger partial charge < -0.3 is 14.8 Å². The lowest BCUT2D eigenvalue weighted by atomic mass is 10.1. The van der Waals surface area contributed by atoms with Crippen molar-refractivity contribution in [3.63, 3.8) is 0 Å². The number of benzene rings is 2. The van der Waals surface area contributed by atoms with Crippen LogP contribution in [0.4, 0.5) is 0 Å². The number of carbonyl (C=O) groups is 1. The van der Waals surface area contributed by atoms with Crippen LogP contribution in [0.25, 0.3) is 17.1 Å². The predicted molar refractivity (Wildman–Crippen MR) is 108 cm³/mol. The Hall–Kier alpha value is -3.12. The van der Waals surface area contributed by atoms with Crippen molar-refractivity contribution in [2.45, 2.75) is 6.42 Å². The van der Waals surface area contributed by atoms with Gasteiger partial charge in [-0.1, -0.05) is 23.7 Å². The zero-order valence-corrected chi connectivity index (χ0v) is 15.8. The number of hydrogen-bond acceptors (Lipinski definition) is 5. The molecule has 7 heteroatoms. The summed E-state index contributed by atoms with van der Waals surface area (Å²) in [6.45, 7) is 1.48. The van der Waals surface area contributed by atoms with E-state index in [0.717, 1.165) is 16.6 Å². The molecule has 1 aliphatic heterocycles. The molecule has 4 rings (SSSR count). The van der Waals surface area contributed by atoms with Crippen LogP contribution >= 0.6 is 11.6 Å². The lowest BCUT2D eigenvalue weighted by Gasteiger charge is -2.20. The highest BCUT2D eigenvalue weighted by Gasteiger charge is 2.16. The van der Waals surface area contributed by atoms with E-state index in [2.05, 4.69) is 15.3 Å². The maximum Gasteiger partial charge on any atom is 0.244 e. The first-order valence-corrected chi connectivity index (χ1v) is 9.32. The quantitative estimate of drug-likeness (QED) is 0.670. The molecule has 2 aromatic carbocycles. The van der Waals surface area contributed by atoms with Crippen molar-refractivity contribution in [2.24, 2.45) is 0 Å². The lowest BCUT2D eigenvalue weighted by molar-refractivity contribution is -0.116. The number of fused-ring (bicyclic) bond motifs is 2. The Bertz CT molecular complexity index is 1050. The number of nitrogens with zero attached hydrogens (tertiary/aromatic N) is 2. The topological polar surface area (TPSA) is 73.3 Å². The Labute approximate surface area is 167 Å². The molecule has 0 bridgehead atoms. The van der Waals surface area contributed by atoms with Gasteiger partial charge in [0.05, 0.1) is 27.9 Å². The molecule has 0 fully saturated rings. The number of para-hydroxylation sites is 2. The third kappa shape index (κ3) is 4.23. The Balaban J connectivity index is 1.33. The molecule has 1 amide bonds. The minimum absolute atomic E-state index is 0.196. The number of nitrogens with one attached hydrogen (secondary N) is 1. The molecular formula is C21H18ClN3O3. The third-order valence-electron chi connectivity index (χ3n) is 4.24. The maximum atomic E-state index is 12.1. The lowest BCUT2D eigenvalue weighted by Crippen LogP contribution is -2.23. The molecule has 0 saturated carbocycles. The molecule has 0 unspecified atom stereocenters. The van der Waals surface area contributed by atoms with Gasteiger partial charge in [-0.25, -0.2) is 4.98 Å². The Morgan fingerprint density at radius 1 is 1.18 bits per heavy atom. The fourth-order valence-electron chi connectivity index (χ4n) is 2.91. The van der Waals surface area contributed by atoms with Crippen molar-refractivity contribution >= 4 is 34.6 Å². The van der Waals surface area contributed by atoms with Crippen molar-refractivity contribution in [1.29, 1.82) is 0 Å². The van der Waals surface area contributed by atoms with E-state index < -0.39 is 0 Å². The number of aromatic nitrogens is 2. The Morgan fingerprint density at radius 2 is 2.00 bits per heavy atom. The minimum Gasteiger partial charge on any atom is -0.486 e. The van der Waals surface area contributed by atoms with E-state index in [1.165, 1.54) is 6.08 Å². The largest absolute Gasteiger partial charge is 0.486 e. The van der Waals surface area contributed by atoms with Gasteiger partial charge in [0.2, 0.25) is 5.91 Å². The van der Waals surface area contributed by atoms with Gasteiger partial charge in [0.15, 0.2) is 11.5 Å². The van der Waals surface area contributed by atoms with Gasteiger partial charge in [-0.3, -0.25) is 9.78 Å². The van der Waals surface area contributed by atoms with Crippen molar-refractivity contribution in [3.05, 3.63) is 65.0 Å². The van der Waals surface area contributed by atoms with Gasteiger partial charge in [0.25, 0.3) is 0 Å². The molecule has 0 radical (unpaired) electrons. The van der Waals surface area contributed by atoms with Crippen molar-refractivity contribution < 1.29 is 14.3 Å². The van der Waals surface area contributed by atoms with Gasteiger partial charge in [-0.05, 0) is 42.3 Å². The molecule has 142 valence electrons. The molecule has 1 aliphatic rings. The van der Waals surface area contributed by atoms with Crippen LogP contribution in [0.1, 0.15) is 11.3 Å². The van der Waals surface area contributed by atoms with Crippen molar-refractivity contribution in [2.75, 3.05) is 19.8 Å². The normalized spacial score (nSPS) is 13.0. The molecule has 1 N–H and O–H groups in total. The molecule has 0 atom stereocenters. The van der Waals surface area contributed by atoms with Gasteiger partial charge in [-0.15, -0.1) is 0 Å². The SMILES string of the molecule is O=C(/C=C/c1cnc2ccccc2n1)NCCc1cc(Cl)c2c(c1)OCCO2. The number of hydrogen-bond donors (Lipinski definition) is 1. The van der Waals surface area contributed by atoms with E-state index in [0.29, 0.717) is 48.4 Å². The maximum absolute atomic E-state index is 12.1. The standard InChI is InChI=1S/C21H18ClN3O3/c22-16-11-14(12-19-21(16)28-10-9-27-19)7-8-23-20(26)6-5-15-13-24-17-3-1-2-4-18(17)25-15/h1-6,11-13H,7-10H2,(H,23,26)/b6-5+. The zero-order chi connectivity index (χ0) is 19.3. The van der Waals surface area contributed by atoms with Gasteiger partial charge in [0, 0.05) is 12.6 Å². The van der Waals surface area contributed by atoms with E-state index in [9.17, 15) is 4.79 Å².